The van der Waals surface area contributed by atoms with Crippen molar-refractivity contribution < 1.29 is 4.74 Å². The Morgan fingerprint density at radius 1 is 1.07 bits per heavy atom. The van der Waals surface area contributed by atoms with Gasteiger partial charge in [0.1, 0.15) is 34.3 Å². The summed E-state index contributed by atoms with van der Waals surface area (Å²) in [6, 6.07) is 8.12. The standard InChI is InChI=1S/C20H20N8OS/c1-10-16(21)26-19(22)27-17(10)28-4-5-29-15-3-2-11(6-13(15)9-28)12-7-14-18(24-8-12)30-20(23)25-14/h2-3,6-8H,4-5,9H2,1H3,(H2,23,25)(H4,21,22,26,27). The van der Waals surface area contributed by atoms with E-state index < -0.39 is 0 Å². The van der Waals surface area contributed by atoms with Crippen molar-refractivity contribution in [3.63, 3.8) is 0 Å². The Morgan fingerprint density at radius 2 is 1.93 bits per heavy atom. The lowest BCUT2D eigenvalue weighted by Gasteiger charge is -2.23. The van der Waals surface area contributed by atoms with Crippen LogP contribution in [0.2, 0.25) is 0 Å². The highest BCUT2D eigenvalue weighted by Gasteiger charge is 2.21. The van der Waals surface area contributed by atoms with Gasteiger partial charge >= 0.3 is 0 Å². The number of rotatable bonds is 2. The molecule has 1 aliphatic rings. The summed E-state index contributed by atoms with van der Waals surface area (Å²) in [6.45, 7) is 3.69. The third-order valence-electron chi connectivity index (χ3n) is 5.11. The van der Waals surface area contributed by atoms with Crippen LogP contribution in [0.5, 0.6) is 5.75 Å². The molecule has 0 atom stereocenters. The molecule has 4 aromatic rings. The van der Waals surface area contributed by atoms with Gasteiger partial charge < -0.3 is 26.8 Å². The minimum absolute atomic E-state index is 0.161. The molecule has 1 aromatic carbocycles. The normalized spacial score (nSPS) is 13.7. The first kappa shape index (κ1) is 18.4. The second kappa shape index (κ2) is 6.99. The van der Waals surface area contributed by atoms with Crippen LogP contribution in [0.4, 0.5) is 22.7 Å². The number of anilines is 4. The Balaban J connectivity index is 1.53. The Labute approximate surface area is 176 Å². The molecule has 0 unspecified atom stereocenters. The maximum atomic E-state index is 6.00. The number of fused-ring (bicyclic) bond motifs is 2. The van der Waals surface area contributed by atoms with Gasteiger partial charge in [-0.2, -0.15) is 9.97 Å². The molecule has 0 amide bonds. The van der Waals surface area contributed by atoms with E-state index in [0.717, 1.165) is 44.2 Å². The number of pyridine rings is 1. The van der Waals surface area contributed by atoms with Gasteiger partial charge in [-0.05, 0) is 30.7 Å². The van der Waals surface area contributed by atoms with Crippen LogP contribution >= 0.6 is 11.3 Å². The van der Waals surface area contributed by atoms with Crippen molar-refractivity contribution in [1.29, 1.82) is 0 Å². The summed E-state index contributed by atoms with van der Waals surface area (Å²) in [4.78, 5) is 20.2. The topological polar surface area (TPSA) is 142 Å². The lowest BCUT2D eigenvalue weighted by molar-refractivity contribution is 0.331. The number of aromatic nitrogens is 4. The number of hydrogen-bond donors (Lipinski definition) is 3. The highest BCUT2D eigenvalue weighted by molar-refractivity contribution is 7.21. The molecule has 10 heteroatoms. The van der Waals surface area contributed by atoms with Gasteiger partial charge in [-0.15, -0.1) is 0 Å². The van der Waals surface area contributed by atoms with Crippen molar-refractivity contribution >= 4 is 44.4 Å². The molecule has 0 fully saturated rings. The molecule has 0 radical (unpaired) electrons. The minimum atomic E-state index is 0.161. The summed E-state index contributed by atoms with van der Waals surface area (Å²) < 4.78 is 5.97. The highest BCUT2D eigenvalue weighted by Crippen LogP contribution is 2.33. The van der Waals surface area contributed by atoms with E-state index in [0.29, 0.717) is 30.6 Å². The molecule has 3 aromatic heterocycles. The van der Waals surface area contributed by atoms with Gasteiger partial charge in [-0.25, -0.2) is 9.97 Å². The second-order valence-electron chi connectivity index (χ2n) is 7.11. The van der Waals surface area contributed by atoms with Gasteiger partial charge in [0.25, 0.3) is 0 Å². The molecule has 1 aliphatic heterocycles. The lowest BCUT2D eigenvalue weighted by Crippen LogP contribution is -2.27. The van der Waals surface area contributed by atoms with Gasteiger partial charge in [0.15, 0.2) is 5.13 Å². The quantitative estimate of drug-likeness (QED) is 0.446. The molecule has 152 valence electrons. The molecule has 0 saturated carbocycles. The van der Waals surface area contributed by atoms with Crippen molar-refractivity contribution in [2.24, 2.45) is 0 Å². The van der Waals surface area contributed by atoms with Crippen LogP contribution in [0, 0.1) is 6.92 Å². The second-order valence-corrected chi connectivity index (χ2v) is 8.12. The molecule has 6 N–H and O–H groups in total. The molecule has 4 heterocycles. The SMILES string of the molecule is Cc1c(N)nc(N)nc1N1CCOc2ccc(-c3cnc4sc(N)nc4c3)cc2C1. The molecule has 0 spiro atoms. The third kappa shape index (κ3) is 3.20. The molecule has 0 aliphatic carbocycles. The average molecular weight is 421 g/mol. The molecular formula is C20H20N8OS. The number of benzene rings is 1. The van der Waals surface area contributed by atoms with Crippen LogP contribution in [-0.2, 0) is 6.54 Å². The number of thiazole rings is 1. The van der Waals surface area contributed by atoms with Gasteiger partial charge in [-0.3, -0.25) is 0 Å². The van der Waals surface area contributed by atoms with Crippen LogP contribution in [0.3, 0.4) is 0 Å². The van der Waals surface area contributed by atoms with E-state index in [1.165, 1.54) is 11.3 Å². The number of nitrogens with zero attached hydrogens (tertiary/aromatic N) is 5. The van der Waals surface area contributed by atoms with E-state index in [2.05, 4.69) is 30.9 Å². The zero-order valence-electron chi connectivity index (χ0n) is 16.3. The van der Waals surface area contributed by atoms with Gasteiger partial charge in [0.2, 0.25) is 5.95 Å². The van der Waals surface area contributed by atoms with E-state index in [4.69, 9.17) is 21.9 Å². The summed E-state index contributed by atoms with van der Waals surface area (Å²) >= 11 is 1.38. The Bertz CT molecular complexity index is 1270. The number of ether oxygens (including phenoxy) is 1. The van der Waals surface area contributed by atoms with E-state index in [9.17, 15) is 0 Å². The van der Waals surface area contributed by atoms with E-state index in [1.807, 2.05) is 31.3 Å². The van der Waals surface area contributed by atoms with Gasteiger partial charge in [-0.1, -0.05) is 17.4 Å². The van der Waals surface area contributed by atoms with Crippen LogP contribution in [0.1, 0.15) is 11.1 Å². The lowest BCUT2D eigenvalue weighted by atomic mass is 10.0. The fourth-order valence-corrected chi connectivity index (χ4v) is 4.26. The number of hydrogen-bond acceptors (Lipinski definition) is 10. The fraction of sp³-hybridized carbons (Fsp3) is 0.200. The first-order chi connectivity index (χ1) is 14.5. The Kier molecular flexibility index (Phi) is 4.28. The van der Waals surface area contributed by atoms with Crippen molar-refractivity contribution in [2.75, 3.05) is 35.3 Å². The van der Waals surface area contributed by atoms with Gasteiger partial charge in [0.05, 0.1) is 6.54 Å². The third-order valence-corrected chi connectivity index (χ3v) is 5.92. The molecule has 5 rings (SSSR count). The van der Waals surface area contributed by atoms with E-state index >= 15 is 0 Å². The largest absolute Gasteiger partial charge is 0.491 e. The van der Waals surface area contributed by atoms with Gasteiger partial charge in [0, 0.05) is 29.4 Å². The summed E-state index contributed by atoms with van der Waals surface area (Å²) in [7, 11) is 0. The van der Waals surface area contributed by atoms with Crippen molar-refractivity contribution in [3.05, 3.63) is 41.6 Å². The molecule has 0 bridgehead atoms. The number of nitrogen functional groups attached to an aromatic ring is 3. The first-order valence-corrected chi connectivity index (χ1v) is 10.2. The molecule has 30 heavy (non-hydrogen) atoms. The summed E-state index contributed by atoms with van der Waals surface area (Å²) in [5, 5.41) is 0.513. The zero-order chi connectivity index (χ0) is 20.8. The van der Waals surface area contributed by atoms with Crippen LogP contribution in [0.15, 0.2) is 30.5 Å². The molecular weight excluding hydrogens is 400 g/mol. The molecule has 0 saturated heterocycles. The molecule has 9 nitrogen and oxygen atoms in total. The predicted molar refractivity (Wildman–Crippen MR) is 119 cm³/mol. The zero-order valence-corrected chi connectivity index (χ0v) is 17.1. The minimum Gasteiger partial charge on any atom is -0.491 e. The Morgan fingerprint density at radius 3 is 2.80 bits per heavy atom. The summed E-state index contributed by atoms with van der Waals surface area (Å²) in [5.41, 5.74) is 22.3. The van der Waals surface area contributed by atoms with E-state index in [-0.39, 0.29) is 5.95 Å². The highest BCUT2D eigenvalue weighted by atomic mass is 32.1. The van der Waals surface area contributed by atoms with Crippen molar-refractivity contribution in [3.8, 4) is 16.9 Å². The maximum Gasteiger partial charge on any atom is 0.223 e. The van der Waals surface area contributed by atoms with Crippen LogP contribution in [-0.4, -0.2) is 33.1 Å². The monoisotopic (exact) mass is 420 g/mol. The first-order valence-electron chi connectivity index (χ1n) is 9.40. The van der Waals surface area contributed by atoms with Crippen molar-refractivity contribution in [1.82, 2.24) is 19.9 Å². The summed E-state index contributed by atoms with van der Waals surface area (Å²) in [6.07, 6.45) is 1.84. The van der Waals surface area contributed by atoms with Crippen molar-refractivity contribution in [2.45, 2.75) is 13.5 Å². The van der Waals surface area contributed by atoms with Crippen LogP contribution < -0.4 is 26.8 Å². The number of nitrogens with two attached hydrogens (primary N) is 3. The smallest absolute Gasteiger partial charge is 0.223 e. The summed E-state index contributed by atoms with van der Waals surface area (Å²) in [5.74, 6) is 2.12. The van der Waals surface area contributed by atoms with Crippen LogP contribution in [0.25, 0.3) is 21.5 Å². The maximum absolute atomic E-state index is 6.00. The average Bonchev–Trinajstić information content (AvgIpc) is 2.96. The van der Waals surface area contributed by atoms with E-state index in [1.54, 1.807) is 0 Å². The Hall–Kier alpha value is -3.66. The fourth-order valence-electron chi connectivity index (χ4n) is 3.60. The predicted octanol–water partition coefficient (Wildman–Crippen LogP) is 2.60.